The van der Waals surface area contributed by atoms with E-state index in [1.807, 2.05) is 5.32 Å². The van der Waals surface area contributed by atoms with Gasteiger partial charge in [-0.1, -0.05) is 0 Å². The van der Waals surface area contributed by atoms with E-state index in [0.29, 0.717) is 0 Å². The molecular formula is C10H20N2O9. The molecule has 0 aliphatic rings. The lowest BCUT2D eigenvalue weighted by Gasteiger charge is -2.30. The van der Waals surface area contributed by atoms with Crippen LogP contribution in [0.4, 0.5) is 0 Å². The second-order valence-corrected chi connectivity index (χ2v) is 4.39. The van der Waals surface area contributed by atoms with Crippen LogP contribution in [-0.4, -0.2) is 90.9 Å². The molecule has 0 spiro atoms. The highest BCUT2D eigenvalue weighted by Gasteiger charge is 2.35. The molecule has 124 valence electrons. The Morgan fingerprint density at radius 1 is 1.00 bits per heavy atom. The van der Waals surface area contributed by atoms with Crippen molar-refractivity contribution < 1.29 is 45.3 Å². The van der Waals surface area contributed by atoms with Crippen molar-refractivity contribution in [2.75, 3.05) is 6.61 Å². The lowest BCUT2D eigenvalue weighted by atomic mass is 10.0. The zero-order chi connectivity index (χ0) is 16.7. The molecular weight excluding hydrogens is 292 g/mol. The van der Waals surface area contributed by atoms with E-state index < -0.39 is 61.6 Å². The standard InChI is InChI=1S/C10H20N2O9/c11-5(15)1-3(10(20)21)12-9(19)8(18)7(17)6(16)4(14)2-13/h3-4,6-9,12-14,16-19H,1-2H2,(H2,11,15)(H,20,21). The van der Waals surface area contributed by atoms with Gasteiger partial charge in [-0.3, -0.25) is 14.9 Å². The van der Waals surface area contributed by atoms with Crippen LogP contribution in [0.5, 0.6) is 0 Å². The van der Waals surface area contributed by atoms with Gasteiger partial charge in [-0.25, -0.2) is 0 Å². The molecule has 0 fully saturated rings. The first-order valence-corrected chi connectivity index (χ1v) is 5.90. The van der Waals surface area contributed by atoms with E-state index >= 15 is 0 Å². The highest BCUT2D eigenvalue weighted by Crippen LogP contribution is 2.08. The maximum absolute atomic E-state index is 10.8. The van der Waals surface area contributed by atoms with Crippen LogP contribution in [0.3, 0.4) is 0 Å². The number of hydrogen-bond acceptors (Lipinski definition) is 9. The number of hydrogen-bond donors (Lipinski definition) is 9. The molecule has 0 aromatic carbocycles. The Hall–Kier alpha value is -1.34. The maximum atomic E-state index is 10.8. The Balaban J connectivity index is 4.71. The molecule has 10 N–H and O–H groups in total. The van der Waals surface area contributed by atoms with Crippen LogP contribution in [0.2, 0.25) is 0 Å². The number of primary amides is 1. The molecule has 1 amide bonds. The minimum Gasteiger partial charge on any atom is -0.480 e. The summed E-state index contributed by atoms with van der Waals surface area (Å²) in [4.78, 5) is 21.5. The van der Waals surface area contributed by atoms with Crippen LogP contribution >= 0.6 is 0 Å². The Kier molecular flexibility index (Phi) is 8.27. The van der Waals surface area contributed by atoms with E-state index in [0.717, 1.165) is 0 Å². The Bertz CT molecular complexity index is 353. The summed E-state index contributed by atoms with van der Waals surface area (Å²) >= 11 is 0. The van der Waals surface area contributed by atoms with Crippen LogP contribution in [0.25, 0.3) is 0 Å². The number of aliphatic hydroxyl groups is 6. The molecule has 0 saturated carbocycles. The van der Waals surface area contributed by atoms with E-state index in [1.165, 1.54) is 0 Å². The third kappa shape index (κ3) is 6.31. The molecule has 11 heteroatoms. The number of aliphatic carboxylic acids is 1. The Labute approximate surface area is 119 Å². The fraction of sp³-hybridized carbons (Fsp3) is 0.800. The van der Waals surface area contributed by atoms with Crippen LogP contribution in [0.15, 0.2) is 0 Å². The lowest BCUT2D eigenvalue weighted by Crippen LogP contribution is -2.57. The van der Waals surface area contributed by atoms with Gasteiger partial charge in [0.15, 0.2) is 0 Å². The SMILES string of the molecule is NC(=O)CC(NC(O)C(O)C(O)C(O)C(O)CO)C(=O)O. The highest BCUT2D eigenvalue weighted by molar-refractivity contribution is 5.83. The zero-order valence-corrected chi connectivity index (χ0v) is 10.9. The Morgan fingerprint density at radius 3 is 1.90 bits per heavy atom. The van der Waals surface area contributed by atoms with Crippen molar-refractivity contribution in [2.24, 2.45) is 5.73 Å². The number of rotatable bonds is 10. The van der Waals surface area contributed by atoms with Gasteiger partial charge < -0.3 is 41.5 Å². The summed E-state index contributed by atoms with van der Waals surface area (Å²) in [5.74, 6) is -2.52. The molecule has 0 radical (unpaired) electrons. The molecule has 0 rings (SSSR count). The number of nitrogens with one attached hydrogen (secondary N) is 1. The minimum atomic E-state index is -2.10. The fourth-order valence-electron chi connectivity index (χ4n) is 1.45. The van der Waals surface area contributed by atoms with Gasteiger partial charge in [-0.2, -0.15) is 0 Å². The predicted octanol–water partition coefficient (Wildman–Crippen LogP) is -5.34. The largest absolute Gasteiger partial charge is 0.480 e. The summed E-state index contributed by atoms with van der Waals surface area (Å²) in [7, 11) is 0. The summed E-state index contributed by atoms with van der Waals surface area (Å²) in [5, 5.41) is 66.3. The molecule has 0 aromatic heterocycles. The lowest BCUT2D eigenvalue weighted by molar-refractivity contribution is -0.154. The number of carbonyl (C=O) groups is 2. The van der Waals surface area contributed by atoms with Crippen molar-refractivity contribution in [2.45, 2.75) is 43.1 Å². The highest BCUT2D eigenvalue weighted by atomic mass is 16.4. The zero-order valence-electron chi connectivity index (χ0n) is 10.9. The number of nitrogens with two attached hydrogens (primary N) is 1. The quantitative estimate of drug-likeness (QED) is 0.174. The van der Waals surface area contributed by atoms with E-state index in [4.69, 9.17) is 21.1 Å². The van der Waals surface area contributed by atoms with Crippen LogP contribution in [-0.2, 0) is 9.59 Å². The normalized spacial score (nSPS) is 20.1. The molecule has 21 heavy (non-hydrogen) atoms. The third-order valence-corrected chi connectivity index (χ3v) is 2.68. The summed E-state index contributed by atoms with van der Waals surface area (Å²) < 4.78 is 0. The molecule has 6 unspecified atom stereocenters. The van der Waals surface area contributed by atoms with Crippen molar-refractivity contribution in [3.8, 4) is 0 Å². The van der Waals surface area contributed by atoms with Crippen molar-refractivity contribution in [1.82, 2.24) is 5.32 Å². The molecule has 6 atom stereocenters. The summed E-state index contributed by atoms with van der Waals surface area (Å²) in [6.07, 6.45) is -10.7. The van der Waals surface area contributed by atoms with Crippen LogP contribution in [0.1, 0.15) is 6.42 Å². The number of carbonyl (C=O) groups excluding carboxylic acids is 1. The van der Waals surface area contributed by atoms with Crippen molar-refractivity contribution in [3.05, 3.63) is 0 Å². The van der Waals surface area contributed by atoms with Crippen molar-refractivity contribution in [3.63, 3.8) is 0 Å². The van der Waals surface area contributed by atoms with Gasteiger partial charge >= 0.3 is 5.97 Å². The van der Waals surface area contributed by atoms with Crippen LogP contribution in [0, 0.1) is 0 Å². The number of carboxylic acids is 1. The molecule has 0 saturated heterocycles. The van der Waals surface area contributed by atoms with Crippen molar-refractivity contribution in [1.29, 1.82) is 0 Å². The van der Waals surface area contributed by atoms with E-state index in [2.05, 4.69) is 0 Å². The average Bonchev–Trinajstić information content (AvgIpc) is 2.42. The first kappa shape index (κ1) is 19.7. The second-order valence-electron chi connectivity index (χ2n) is 4.39. The van der Waals surface area contributed by atoms with E-state index in [-0.39, 0.29) is 0 Å². The van der Waals surface area contributed by atoms with Gasteiger partial charge in [0.2, 0.25) is 5.91 Å². The first-order valence-electron chi connectivity index (χ1n) is 5.90. The van der Waals surface area contributed by atoms with Gasteiger partial charge in [0, 0.05) is 0 Å². The fourth-order valence-corrected chi connectivity index (χ4v) is 1.45. The predicted molar refractivity (Wildman–Crippen MR) is 65.5 cm³/mol. The van der Waals surface area contributed by atoms with Gasteiger partial charge in [-0.05, 0) is 0 Å². The third-order valence-electron chi connectivity index (χ3n) is 2.68. The molecule has 11 nitrogen and oxygen atoms in total. The van der Waals surface area contributed by atoms with Crippen molar-refractivity contribution >= 4 is 11.9 Å². The topological polar surface area (TPSA) is 214 Å². The number of carboxylic acid groups (broad SMARTS) is 1. The number of amides is 1. The Morgan fingerprint density at radius 2 is 1.52 bits per heavy atom. The second kappa shape index (κ2) is 8.84. The van der Waals surface area contributed by atoms with E-state index in [1.54, 1.807) is 0 Å². The summed E-state index contributed by atoms with van der Waals surface area (Å²) in [6, 6.07) is -1.63. The van der Waals surface area contributed by atoms with Gasteiger partial charge in [-0.15, -0.1) is 0 Å². The number of aliphatic hydroxyl groups excluding tert-OH is 6. The molecule has 0 aliphatic carbocycles. The summed E-state index contributed by atoms with van der Waals surface area (Å²) in [6.45, 7) is -0.909. The monoisotopic (exact) mass is 312 g/mol. The van der Waals surface area contributed by atoms with Gasteiger partial charge in [0.1, 0.15) is 36.7 Å². The molecule has 0 aliphatic heterocycles. The average molecular weight is 312 g/mol. The van der Waals surface area contributed by atoms with E-state index in [9.17, 15) is 30.0 Å². The smallest absolute Gasteiger partial charge is 0.321 e. The van der Waals surface area contributed by atoms with Crippen LogP contribution < -0.4 is 11.1 Å². The van der Waals surface area contributed by atoms with Gasteiger partial charge in [0.05, 0.1) is 13.0 Å². The minimum absolute atomic E-state index is 0.684. The molecule has 0 bridgehead atoms. The first-order chi connectivity index (χ1) is 9.61. The molecule has 0 aromatic rings. The van der Waals surface area contributed by atoms with Gasteiger partial charge in [0.25, 0.3) is 0 Å². The maximum Gasteiger partial charge on any atom is 0.321 e. The summed E-state index contributed by atoms with van der Waals surface area (Å²) in [5.41, 5.74) is 4.81. The molecule has 0 heterocycles.